The van der Waals surface area contributed by atoms with E-state index in [1.165, 1.54) is 6.92 Å². The highest BCUT2D eigenvalue weighted by molar-refractivity contribution is 6.00. The van der Waals surface area contributed by atoms with E-state index in [9.17, 15) is 24.3 Å². The van der Waals surface area contributed by atoms with Crippen molar-refractivity contribution in [3.05, 3.63) is 40.9 Å². The molecule has 13 atom stereocenters. The minimum Gasteiger partial charge on any atom is -0.458 e. The summed E-state index contributed by atoms with van der Waals surface area (Å²) in [6.07, 6.45) is -1.85. The molecule has 0 spiro atoms. The smallest absolute Gasteiger partial charge is 0.412 e. The fraction of sp³-hybridized carbons (Fsp3) is 0.750. The number of aliphatic hydroxyl groups excluding tert-OH is 1. The number of Topliss-reactive ketones (excluding diaryl/α,β-unsaturated/α-hetero) is 1. The number of benzene rings is 1. The van der Waals surface area contributed by atoms with Gasteiger partial charge in [-0.2, -0.15) is 0 Å². The largest absolute Gasteiger partial charge is 0.458 e. The fourth-order valence-electron chi connectivity index (χ4n) is 10.1. The van der Waals surface area contributed by atoms with Crippen LogP contribution in [-0.4, -0.2) is 160 Å². The zero-order valence-electron chi connectivity index (χ0n) is 42.7. The summed E-state index contributed by atoms with van der Waals surface area (Å²) in [5, 5.41) is 30.4. The van der Waals surface area contributed by atoms with Crippen molar-refractivity contribution >= 4 is 29.6 Å². The number of azide groups is 1. The number of rotatable bonds is 14. The highest BCUT2D eigenvalue weighted by Gasteiger charge is 2.59. The van der Waals surface area contributed by atoms with Crippen LogP contribution >= 0.6 is 0 Å². The lowest BCUT2D eigenvalue weighted by Crippen LogP contribution is -2.61. The van der Waals surface area contributed by atoms with Crippen molar-refractivity contribution < 1.29 is 52.7 Å². The molecule has 3 saturated heterocycles. The molecule has 2 amide bonds. The van der Waals surface area contributed by atoms with Crippen molar-refractivity contribution in [2.75, 3.05) is 46.2 Å². The minimum absolute atomic E-state index is 0.0168. The number of fused-ring (bicyclic) bond motifs is 1. The number of methoxy groups -OCH3 is 1. The second-order valence-corrected chi connectivity index (χ2v) is 20.6. The van der Waals surface area contributed by atoms with Crippen molar-refractivity contribution in [1.82, 2.24) is 30.1 Å². The molecular formula is C48H76N10O11. The van der Waals surface area contributed by atoms with E-state index >= 15 is 0 Å². The van der Waals surface area contributed by atoms with E-state index in [-0.39, 0.29) is 18.5 Å². The van der Waals surface area contributed by atoms with Crippen molar-refractivity contribution in [3.63, 3.8) is 0 Å². The summed E-state index contributed by atoms with van der Waals surface area (Å²) in [5.41, 5.74) is 7.91. The van der Waals surface area contributed by atoms with E-state index < -0.39 is 95.4 Å². The Balaban J connectivity index is 1.34. The maximum atomic E-state index is 14.5. The SMILES string of the molecule is CC[C@H]1OC(=O)[C@H](C)C(=O)[C@H](C)[C@@H](O[C@@H]2OC(CN=[N+]=[N-])CC(N(C)C)C2O)[C@](C)(OC)C[C@@H](C)CN[C@H](C)[C@H]2N(CCCCn3cc(-c4cccc(NC(=O)OC(C)(C)C)c4)nn3)C(=O)O[C@]12C. The number of unbranched alkanes of at least 4 members (excludes halogenated alkanes) is 1. The second kappa shape index (κ2) is 23.3. The molecule has 3 aliphatic heterocycles. The standard InChI is InChI=1S/C48H76N10O11/c1-14-37-48(10)40(58(45(63)69-48)21-16-15-20-57-27-35(53-55-57)32-18-17-19-33(22-32)52-44(62)68-46(6,7)8)31(5)50-25-28(2)24-47(9,64-13)41(29(3)38(59)30(4)42(61)66-37)67-43-39(60)36(56(11)12)23-34(65-43)26-51-54-49/h17-19,22,27-31,34,36-37,39-41,43,50,60H,14-16,20-21,23-26H2,1-13H3,(H,52,62)/t28-,29+,30-,31-,34?,36?,37-,39?,40-,41-,43+,47-,48-/m1/s1. The number of nitrogens with one attached hydrogen (secondary N) is 2. The molecule has 69 heavy (non-hydrogen) atoms. The maximum absolute atomic E-state index is 14.5. The van der Waals surface area contributed by atoms with Crippen LogP contribution in [0, 0.1) is 17.8 Å². The van der Waals surface area contributed by atoms with E-state index in [4.69, 9.17) is 34.0 Å². The number of hydrogen-bond acceptors (Lipinski definition) is 16. The van der Waals surface area contributed by atoms with Crippen LogP contribution in [-0.2, 0) is 44.6 Å². The summed E-state index contributed by atoms with van der Waals surface area (Å²) < 4.78 is 38.7. The lowest BCUT2D eigenvalue weighted by atomic mass is 9.78. The molecule has 21 nitrogen and oxygen atoms in total. The predicted octanol–water partition coefficient (Wildman–Crippen LogP) is 6.34. The van der Waals surface area contributed by atoms with Crippen LogP contribution in [0.1, 0.15) is 101 Å². The average molecular weight is 969 g/mol. The van der Waals surface area contributed by atoms with Crippen LogP contribution in [0.15, 0.2) is 35.6 Å². The molecule has 21 heteroatoms. The Labute approximate surface area is 406 Å². The summed E-state index contributed by atoms with van der Waals surface area (Å²) in [5.74, 6) is -3.54. The first-order chi connectivity index (χ1) is 32.4. The number of aryl methyl sites for hydroxylation is 1. The van der Waals surface area contributed by atoms with Crippen molar-refractivity contribution in [2.24, 2.45) is 22.9 Å². The number of ketones is 1. The number of anilines is 1. The number of ether oxygens (including phenoxy) is 6. The van der Waals surface area contributed by atoms with E-state index in [0.29, 0.717) is 63.1 Å². The van der Waals surface area contributed by atoms with Gasteiger partial charge in [0.15, 0.2) is 17.7 Å². The Morgan fingerprint density at radius 1 is 1.13 bits per heavy atom. The van der Waals surface area contributed by atoms with Crippen molar-refractivity contribution in [1.29, 1.82) is 0 Å². The first kappa shape index (κ1) is 55.0. The Hall–Kier alpha value is -4.89. The quantitative estimate of drug-likeness (QED) is 0.0355. The molecule has 3 N–H and O–H groups in total. The third-order valence-electron chi connectivity index (χ3n) is 13.7. The van der Waals surface area contributed by atoms with Gasteiger partial charge in [0, 0.05) is 54.4 Å². The molecular weight excluding hydrogens is 893 g/mol. The highest BCUT2D eigenvalue weighted by Crippen LogP contribution is 2.40. The predicted molar refractivity (Wildman–Crippen MR) is 256 cm³/mol. The third-order valence-corrected chi connectivity index (χ3v) is 13.7. The first-order valence-electron chi connectivity index (χ1n) is 24.1. The molecule has 0 radical (unpaired) electrons. The zero-order valence-corrected chi connectivity index (χ0v) is 42.7. The van der Waals surface area contributed by atoms with Crippen molar-refractivity contribution in [3.8, 4) is 11.3 Å². The van der Waals surface area contributed by atoms with Gasteiger partial charge in [0.05, 0.1) is 36.6 Å². The Bertz CT molecular complexity index is 2130. The molecule has 384 valence electrons. The van der Waals surface area contributed by atoms with Crippen molar-refractivity contribution in [2.45, 2.75) is 174 Å². The summed E-state index contributed by atoms with van der Waals surface area (Å²) in [6, 6.07) is 5.89. The van der Waals surface area contributed by atoms with Crippen LogP contribution in [0.5, 0.6) is 0 Å². The van der Waals surface area contributed by atoms with E-state index in [1.807, 2.05) is 65.0 Å². The number of hydrogen-bond donors (Lipinski definition) is 3. The number of amides is 2. The molecule has 3 unspecified atom stereocenters. The summed E-state index contributed by atoms with van der Waals surface area (Å²) in [7, 11) is 5.19. The van der Waals surface area contributed by atoms with Gasteiger partial charge in [0.1, 0.15) is 29.4 Å². The van der Waals surface area contributed by atoms with Gasteiger partial charge >= 0.3 is 18.2 Å². The second-order valence-electron chi connectivity index (χ2n) is 20.6. The van der Waals surface area contributed by atoms with Gasteiger partial charge < -0.3 is 43.7 Å². The van der Waals surface area contributed by atoms with E-state index in [0.717, 1.165) is 5.56 Å². The topological polar surface area (TPSA) is 254 Å². The molecule has 0 saturated carbocycles. The number of aliphatic hydroxyl groups is 1. The Morgan fingerprint density at radius 3 is 2.49 bits per heavy atom. The van der Waals surface area contributed by atoms with Gasteiger partial charge in [-0.1, -0.05) is 43.2 Å². The lowest BCUT2D eigenvalue weighted by molar-refractivity contribution is -0.296. The molecule has 3 aliphatic rings. The zero-order chi connectivity index (χ0) is 51.0. The molecule has 3 fully saturated rings. The molecule has 2 aromatic rings. The number of nitrogens with zero attached hydrogens (tertiary/aromatic N) is 8. The normalized spacial score (nSPS) is 32.8. The summed E-state index contributed by atoms with van der Waals surface area (Å²) >= 11 is 0. The van der Waals surface area contributed by atoms with Gasteiger partial charge in [-0.3, -0.25) is 24.5 Å². The minimum atomic E-state index is -1.30. The lowest BCUT2D eigenvalue weighted by Gasteiger charge is -2.47. The third kappa shape index (κ3) is 13.5. The number of carbonyl (C=O) groups is 4. The molecule has 1 aromatic heterocycles. The van der Waals surface area contributed by atoms with Crippen LogP contribution in [0.25, 0.3) is 21.7 Å². The van der Waals surface area contributed by atoms with Crippen LogP contribution in [0.4, 0.5) is 15.3 Å². The fourth-order valence-corrected chi connectivity index (χ4v) is 10.1. The van der Waals surface area contributed by atoms with Gasteiger partial charge in [-0.05, 0) is 125 Å². The summed E-state index contributed by atoms with van der Waals surface area (Å²) in [4.78, 5) is 61.4. The van der Waals surface area contributed by atoms with Gasteiger partial charge in [-0.15, -0.1) is 5.10 Å². The Morgan fingerprint density at radius 2 is 1.84 bits per heavy atom. The molecule has 5 rings (SSSR count). The van der Waals surface area contributed by atoms with Crippen LogP contribution in [0.2, 0.25) is 0 Å². The van der Waals surface area contributed by atoms with Gasteiger partial charge in [-0.25, -0.2) is 9.59 Å². The van der Waals surface area contributed by atoms with Gasteiger partial charge in [0.25, 0.3) is 0 Å². The summed E-state index contributed by atoms with van der Waals surface area (Å²) in [6.45, 7) is 19.4. The van der Waals surface area contributed by atoms with E-state index in [1.54, 1.807) is 63.4 Å². The average Bonchev–Trinajstić information content (AvgIpc) is 3.87. The molecule has 4 heterocycles. The van der Waals surface area contributed by atoms with E-state index in [2.05, 4.69) is 31.0 Å². The van der Waals surface area contributed by atoms with Gasteiger partial charge in [0.2, 0.25) is 0 Å². The first-order valence-corrected chi connectivity index (χ1v) is 24.1. The molecule has 1 aromatic carbocycles. The molecule has 0 aliphatic carbocycles. The maximum Gasteiger partial charge on any atom is 0.412 e. The number of carbonyl (C=O) groups excluding carboxylic acids is 4. The monoisotopic (exact) mass is 969 g/mol. The van der Waals surface area contributed by atoms with Crippen LogP contribution < -0.4 is 10.6 Å². The van der Waals surface area contributed by atoms with Crippen LogP contribution in [0.3, 0.4) is 0 Å². The number of esters is 1. The number of likely N-dealkylation sites (N-methyl/N-ethyl adjacent to an activating group) is 1. The molecule has 0 bridgehead atoms. The highest BCUT2D eigenvalue weighted by atomic mass is 16.7. The number of cyclic esters (lactones) is 1. The number of aromatic nitrogens is 3. The Kier molecular flexibility index (Phi) is 18.6.